The summed E-state index contributed by atoms with van der Waals surface area (Å²) in [6.07, 6.45) is 8.36. The first-order valence-corrected chi connectivity index (χ1v) is 7.35. The molecule has 0 saturated heterocycles. The largest absolute Gasteiger partial charge is 0.333 e. The zero-order valence-electron chi connectivity index (χ0n) is 10.6. The van der Waals surface area contributed by atoms with Crippen molar-refractivity contribution in [3.05, 3.63) is 33.8 Å². The van der Waals surface area contributed by atoms with Crippen LogP contribution in [0.3, 0.4) is 0 Å². The molecule has 2 aromatic rings. The van der Waals surface area contributed by atoms with Gasteiger partial charge in [-0.3, -0.25) is 0 Å². The molecule has 96 valence electrons. The van der Waals surface area contributed by atoms with Crippen LogP contribution < -0.4 is 5.73 Å². The van der Waals surface area contributed by atoms with Crippen molar-refractivity contribution in [1.29, 1.82) is 0 Å². The average molecular weight is 262 g/mol. The Hall–Kier alpha value is -1.20. The van der Waals surface area contributed by atoms with E-state index in [-0.39, 0.29) is 6.04 Å². The molecule has 1 aliphatic carbocycles. The van der Waals surface area contributed by atoms with Crippen LogP contribution in [0.4, 0.5) is 0 Å². The van der Waals surface area contributed by atoms with E-state index in [0.29, 0.717) is 0 Å². The third kappa shape index (κ3) is 1.97. The number of thiazole rings is 1. The van der Waals surface area contributed by atoms with Gasteiger partial charge in [0.15, 0.2) is 0 Å². The molecule has 2 N–H and O–H groups in total. The first-order valence-electron chi connectivity index (χ1n) is 6.53. The van der Waals surface area contributed by atoms with Gasteiger partial charge in [-0.15, -0.1) is 11.3 Å². The smallest absolute Gasteiger partial charge is 0.116 e. The molecule has 0 aromatic carbocycles. The predicted molar refractivity (Wildman–Crippen MR) is 72.7 cm³/mol. The maximum absolute atomic E-state index is 6.34. The van der Waals surface area contributed by atoms with Crippen LogP contribution in [0, 0.1) is 0 Å². The number of aromatic nitrogens is 3. The molecule has 0 fully saturated rings. The maximum Gasteiger partial charge on any atom is 0.116 e. The summed E-state index contributed by atoms with van der Waals surface area (Å²) in [7, 11) is 0. The van der Waals surface area contributed by atoms with Gasteiger partial charge in [0.05, 0.1) is 30.0 Å². The molecule has 2 heterocycles. The van der Waals surface area contributed by atoms with Crippen LogP contribution in [0.15, 0.2) is 12.5 Å². The third-order valence-electron chi connectivity index (χ3n) is 3.41. The second-order valence-corrected chi connectivity index (χ2v) is 5.88. The van der Waals surface area contributed by atoms with Gasteiger partial charge >= 0.3 is 0 Å². The van der Waals surface area contributed by atoms with Gasteiger partial charge in [0.2, 0.25) is 0 Å². The van der Waals surface area contributed by atoms with Crippen molar-refractivity contribution < 1.29 is 0 Å². The molecule has 4 nitrogen and oxygen atoms in total. The van der Waals surface area contributed by atoms with Gasteiger partial charge in [-0.25, -0.2) is 9.97 Å². The van der Waals surface area contributed by atoms with Gasteiger partial charge in [0.1, 0.15) is 5.01 Å². The number of nitrogens with two attached hydrogens (primary N) is 1. The second kappa shape index (κ2) is 4.82. The highest BCUT2D eigenvalue weighted by molar-refractivity contribution is 7.11. The molecule has 0 saturated carbocycles. The minimum atomic E-state index is -0.130. The molecule has 1 unspecified atom stereocenters. The number of hydrogen-bond donors (Lipinski definition) is 1. The molecule has 1 atom stereocenters. The number of nitrogens with zero attached hydrogens (tertiary/aromatic N) is 3. The van der Waals surface area contributed by atoms with Crippen molar-refractivity contribution in [2.75, 3.05) is 0 Å². The Morgan fingerprint density at radius 1 is 1.50 bits per heavy atom. The van der Waals surface area contributed by atoms with Gasteiger partial charge < -0.3 is 10.3 Å². The summed E-state index contributed by atoms with van der Waals surface area (Å²) in [5, 5.41) is 1.04. The average Bonchev–Trinajstić information content (AvgIpc) is 3.02. The molecule has 3 rings (SSSR count). The Balaban J connectivity index is 1.88. The predicted octanol–water partition coefficient (Wildman–Crippen LogP) is 2.29. The lowest BCUT2D eigenvalue weighted by molar-refractivity contribution is 0.623. The normalized spacial score (nSPS) is 15.9. The highest BCUT2D eigenvalue weighted by atomic mass is 32.1. The van der Waals surface area contributed by atoms with E-state index in [1.165, 1.54) is 23.4 Å². The highest BCUT2D eigenvalue weighted by Gasteiger charge is 2.22. The Morgan fingerprint density at radius 2 is 2.39 bits per heavy atom. The monoisotopic (exact) mass is 262 g/mol. The number of imidazole rings is 1. The summed E-state index contributed by atoms with van der Waals surface area (Å²) < 4.78 is 2.14. The lowest BCUT2D eigenvalue weighted by atomic mass is 10.2. The number of fused-ring (bicyclic) bond motifs is 1. The van der Waals surface area contributed by atoms with E-state index in [4.69, 9.17) is 10.7 Å². The van der Waals surface area contributed by atoms with Crippen LogP contribution in [0.2, 0.25) is 0 Å². The molecule has 2 aromatic heterocycles. The summed E-state index contributed by atoms with van der Waals surface area (Å²) in [5.74, 6) is 0. The lowest BCUT2D eigenvalue weighted by Gasteiger charge is -2.11. The third-order valence-corrected chi connectivity index (χ3v) is 4.65. The molecule has 0 aliphatic heterocycles. The fourth-order valence-corrected chi connectivity index (χ4v) is 3.66. The van der Waals surface area contributed by atoms with E-state index in [2.05, 4.69) is 16.5 Å². The molecular weight excluding hydrogens is 244 g/mol. The number of hydrogen-bond acceptors (Lipinski definition) is 4. The van der Waals surface area contributed by atoms with Crippen LogP contribution in [-0.4, -0.2) is 14.5 Å². The number of rotatable bonds is 4. The van der Waals surface area contributed by atoms with Crippen molar-refractivity contribution in [2.24, 2.45) is 5.73 Å². The number of aryl methyl sites for hydroxylation is 3. The van der Waals surface area contributed by atoms with Gasteiger partial charge in [-0.05, 0) is 25.7 Å². The molecule has 0 spiro atoms. The van der Waals surface area contributed by atoms with E-state index in [9.17, 15) is 0 Å². The first-order chi connectivity index (χ1) is 8.79. The molecule has 0 bridgehead atoms. The Bertz CT molecular complexity index is 521. The van der Waals surface area contributed by atoms with Crippen molar-refractivity contribution in [3.63, 3.8) is 0 Å². The Morgan fingerprint density at radius 3 is 3.17 bits per heavy atom. The van der Waals surface area contributed by atoms with E-state index in [1.54, 1.807) is 11.3 Å². The standard InChI is InChI=1S/C13H18N4S/c1-2-6-17-8-15-7-10(17)12(14)13-16-9-4-3-5-11(9)18-13/h7-8,12H,2-6,14H2,1H3. The van der Waals surface area contributed by atoms with Gasteiger partial charge in [0.25, 0.3) is 0 Å². The van der Waals surface area contributed by atoms with E-state index >= 15 is 0 Å². The zero-order chi connectivity index (χ0) is 12.5. The SMILES string of the molecule is CCCn1cncc1C(N)c1nc2c(s1)CCC2. The van der Waals surface area contributed by atoms with Crippen molar-refractivity contribution in [1.82, 2.24) is 14.5 Å². The van der Waals surface area contributed by atoms with Crippen LogP contribution >= 0.6 is 11.3 Å². The quantitative estimate of drug-likeness (QED) is 0.919. The van der Waals surface area contributed by atoms with Crippen LogP contribution in [0.1, 0.15) is 47.1 Å². The summed E-state index contributed by atoms with van der Waals surface area (Å²) in [5.41, 5.74) is 8.68. The van der Waals surface area contributed by atoms with Gasteiger partial charge in [-0.2, -0.15) is 0 Å². The van der Waals surface area contributed by atoms with Crippen molar-refractivity contribution in [3.8, 4) is 0 Å². The maximum atomic E-state index is 6.34. The molecule has 0 amide bonds. The Labute approximate surface area is 111 Å². The van der Waals surface area contributed by atoms with Crippen LogP contribution in [-0.2, 0) is 19.4 Å². The van der Waals surface area contributed by atoms with Gasteiger partial charge in [-0.1, -0.05) is 6.92 Å². The highest BCUT2D eigenvalue weighted by Crippen LogP contribution is 2.32. The summed E-state index contributed by atoms with van der Waals surface area (Å²) in [6, 6.07) is -0.130. The molecule has 5 heteroatoms. The minimum absolute atomic E-state index is 0.130. The summed E-state index contributed by atoms with van der Waals surface area (Å²) in [6.45, 7) is 3.13. The molecule has 1 aliphatic rings. The second-order valence-electron chi connectivity index (χ2n) is 4.77. The van der Waals surface area contributed by atoms with E-state index < -0.39 is 0 Å². The first kappa shape index (κ1) is 11.9. The topological polar surface area (TPSA) is 56.7 Å². The summed E-state index contributed by atoms with van der Waals surface area (Å²) >= 11 is 1.78. The van der Waals surface area contributed by atoms with Gasteiger partial charge in [0, 0.05) is 11.4 Å². The van der Waals surface area contributed by atoms with Crippen LogP contribution in [0.25, 0.3) is 0 Å². The Kier molecular flexibility index (Phi) is 3.18. The van der Waals surface area contributed by atoms with Crippen LogP contribution in [0.5, 0.6) is 0 Å². The lowest BCUT2D eigenvalue weighted by Crippen LogP contribution is -2.16. The molecular formula is C13H18N4S. The fourth-order valence-electron chi connectivity index (χ4n) is 2.49. The van der Waals surface area contributed by atoms with Crippen molar-refractivity contribution >= 4 is 11.3 Å². The molecule has 18 heavy (non-hydrogen) atoms. The summed E-state index contributed by atoms with van der Waals surface area (Å²) in [4.78, 5) is 10.3. The van der Waals surface area contributed by atoms with Crippen molar-refractivity contribution in [2.45, 2.75) is 45.2 Å². The molecule has 0 radical (unpaired) electrons. The minimum Gasteiger partial charge on any atom is -0.333 e. The van der Waals surface area contributed by atoms with E-state index in [0.717, 1.165) is 30.1 Å². The fraction of sp³-hybridized carbons (Fsp3) is 0.538. The van der Waals surface area contributed by atoms with E-state index in [1.807, 2.05) is 12.5 Å². The zero-order valence-corrected chi connectivity index (χ0v) is 11.4.